The van der Waals surface area contributed by atoms with Crippen LogP contribution in [-0.4, -0.2) is 35.8 Å². The number of methoxy groups -OCH3 is 1. The van der Waals surface area contributed by atoms with Gasteiger partial charge < -0.3 is 19.8 Å². The molecule has 0 aliphatic carbocycles. The Labute approximate surface area is 163 Å². The summed E-state index contributed by atoms with van der Waals surface area (Å²) in [6.45, 7) is 9.06. The Kier molecular flexibility index (Phi) is 8.16. The van der Waals surface area contributed by atoms with Crippen molar-refractivity contribution in [3.05, 3.63) is 46.0 Å². The molecule has 0 aliphatic heterocycles. The number of aromatic nitrogens is 1. The largest absolute Gasteiger partial charge is 0.467 e. The Balaban J connectivity index is 0.00000190. The van der Waals surface area contributed by atoms with Crippen LogP contribution in [0.5, 0.6) is 0 Å². The average molecular weight is 394 g/mol. The number of nitrogens with one attached hydrogen (secondary N) is 2. The zero-order valence-electron chi connectivity index (χ0n) is 17.0. The Hall–Kier alpha value is -2.90. The average Bonchev–Trinajstić information content (AvgIpc) is 2.61. The predicted octanol–water partition coefficient (Wildman–Crippen LogP) is 3.30. The highest BCUT2D eigenvalue weighted by molar-refractivity contribution is 5.82. The lowest BCUT2D eigenvalue weighted by Crippen LogP contribution is -2.45. The van der Waals surface area contributed by atoms with Crippen molar-refractivity contribution in [2.24, 2.45) is 0 Å². The van der Waals surface area contributed by atoms with Crippen molar-refractivity contribution >= 4 is 23.0 Å². The lowest BCUT2D eigenvalue weighted by atomic mass is 10.1. The summed E-state index contributed by atoms with van der Waals surface area (Å²) in [6, 6.07) is 4.42. The van der Waals surface area contributed by atoms with Crippen molar-refractivity contribution in [2.75, 3.05) is 7.11 Å². The number of amides is 1. The number of rotatable bonds is 4. The molecule has 1 unspecified atom stereocenters. The van der Waals surface area contributed by atoms with E-state index in [9.17, 15) is 18.8 Å². The molecule has 0 spiro atoms. The molecule has 1 amide bonds. The van der Waals surface area contributed by atoms with Crippen LogP contribution in [0.1, 0.15) is 40.2 Å². The second-order valence-corrected chi connectivity index (χ2v) is 6.78. The van der Waals surface area contributed by atoms with Crippen LogP contribution in [0, 0.1) is 5.82 Å². The van der Waals surface area contributed by atoms with Gasteiger partial charge in [0.2, 0.25) is 0 Å². The lowest BCUT2D eigenvalue weighted by Gasteiger charge is -2.22. The number of carbonyl (C=O) groups is 2. The molecule has 7 nitrogen and oxygen atoms in total. The molecule has 1 aromatic heterocycles. The summed E-state index contributed by atoms with van der Waals surface area (Å²) >= 11 is 0. The summed E-state index contributed by atoms with van der Waals surface area (Å²) in [5, 5.41) is 3.01. The van der Waals surface area contributed by atoms with E-state index >= 15 is 0 Å². The molecule has 2 aromatic rings. The standard InChI is InChI=1S/C18H21FN2O5.C2H6/c1-18(2,3)26-17(24)21-14(16(23)25-4)8-11-7-10-5-6-12(19)9-13(10)20-15(11)22;1-2/h5-7,9,14H,8H2,1-4H3,(H,20,22)(H,21,24);1-2H3. The van der Waals surface area contributed by atoms with E-state index < -0.39 is 35.1 Å². The maximum absolute atomic E-state index is 13.3. The van der Waals surface area contributed by atoms with Gasteiger partial charge in [0, 0.05) is 12.0 Å². The number of alkyl carbamates (subject to hydrolysis) is 1. The Morgan fingerprint density at radius 3 is 2.43 bits per heavy atom. The maximum Gasteiger partial charge on any atom is 0.408 e. The number of carbonyl (C=O) groups excluding carboxylic acids is 2. The minimum Gasteiger partial charge on any atom is -0.467 e. The first-order chi connectivity index (χ1) is 13.1. The van der Waals surface area contributed by atoms with Gasteiger partial charge in [-0.25, -0.2) is 14.0 Å². The summed E-state index contributed by atoms with van der Waals surface area (Å²) in [4.78, 5) is 38.7. The molecule has 1 heterocycles. The molecule has 154 valence electrons. The predicted molar refractivity (Wildman–Crippen MR) is 105 cm³/mol. The monoisotopic (exact) mass is 394 g/mol. The van der Waals surface area contributed by atoms with E-state index in [4.69, 9.17) is 4.74 Å². The van der Waals surface area contributed by atoms with Crippen LogP contribution in [0.3, 0.4) is 0 Å². The first-order valence-electron chi connectivity index (χ1n) is 8.98. The molecule has 28 heavy (non-hydrogen) atoms. The summed E-state index contributed by atoms with van der Waals surface area (Å²) in [7, 11) is 1.18. The molecular formula is C20H27FN2O5. The highest BCUT2D eigenvalue weighted by Gasteiger charge is 2.26. The molecule has 0 saturated heterocycles. The molecule has 2 rings (SSSR count). The van der Waals surface area contributed by atoms with Crippen molar-refractivity contribution < 1.29 is 23.5 Å². The fourth-order valence-electron chi connectivity index (χ4n) is 2.38. The van der Waals surface area contributed by atoms with Gasteiger partial charge in [-0.2, -0.15) is 0 Å². The fourth-order valence-corrected chi connectivity index (χ4v) is 2.38. The first-order valence-corrected chi connectivity index (χ1v) is 8.98. The molecule has 0 fully saturated rings. The second kappa shape index (κ2) is 9.87. The topological polar surface area (TPSA) is 97.5 Å². The van der Waals surface area contributed by atoms with Crippen LogP contribution in [-0.2, 0) is 20.7 Å². The number of ether oxygens (including phenoxy) is 2. The number of hydrogen-bond acceptors (Lipinski definition) is 5. The van der Waals surface area contributed by atoms with Crippen molar-refractivity contribution in [1.82, 2.24) is 10.3 Å². The zero-order valence-corrected chi connectivity index (χ0v) is 17.0. The van der Waals surface area contributed by atoms with Gasteiger partial charge in [0.05, 0.1) is 12.6 Å². The molecule has 1 atom stereocenters. The second-order valence-electron chi connectivity index (χ2n) is 6.78. The van der Waals surface area contributed by atoms with Crippen molar-refractivity contribution in [3.8, 4) is 0 Å². The minimum atomic E-state index is -1.10. The van der Waals surface area contributed by atoms with Crippen LogP contribution < -0.4 is 10.9 Å². The zero-order chi connectivity index (χ0) is 21.5. The van der Waals surface area contributed by atoms with Gasteiger partial charge in [0.15, 0.2) is 0 Å². The normalized spacial score (nSPS) is 11.8. The van der Waals surface area contributed by atoms with Gasteiger partial charge in [0.25, 0.3) is 5.56 Å². The van der Waals surface area contributed by atoms with E-state index in [1.165, 1.54) is 25.3 Å². The van der Waals surface area contributed by atoms with Crippen LogP contribution in [0.15, 0.2) is 29.1 Å². The lowest BCUT2D eigenvalue weighted by molar-refractivity contribution is -0.143. The van der Waals surface area contributed by atoms with Crippen LogP contribution >= 0.6 is 0 Å². The number of halogens is 1. The quantitative estimate of drug-likeness (QED) is 0.776. The van der Waals surface area contributed by atoms with Gasteiger partial charge >= 0.3 is 12.1 Å². The molecule has 2 N–H and O–H groups in total. The van der Waals surface area contributed by atoms with E-state index in [1.54, 1.807) is 26.8 Å². The van der Waals surface area contributed by atoms with Gasteiger partial charge in [-0.15, -0.1) is 0 Å². The number of fused-ring (bicyclic) bond motifs is 1. The molecule has 0 radical (unpaired) electrons. The molecule has 0 aliphatic rings. The van der Waals surface area contributed by atoms with Crippen molar-refractivity contribution in [3.63, 3.8) is 0 Å². The van der Waals surface area contributed by atoms with Gasteiger partial charge in [-0.05, 0) is 50.4 Å². The number of hydrogen-bond donors (Lipinski definition) is 2. The third kappa shape index (κ3) is 6.68. The SMILES string of the molecule is CC.COC(=O)C(Cc1cc2ccc(F)cc2[nH]c1=O)NC(=O)OC(C)(C)C. The van der Waals surface area contributed by atoms with Crippen LogP contribution in [0.25, 0.3) is 10.9 Å². The summed E-state index contributed by atoms with van der Waals surface area (Å²) in [6.07, 6.45) is -0.902. The van der Waals surface area contributed by atoms with Gasteiger partial charge in [-0.1, -0.05) is 13.8 Å². The Morgan fingerprint density at radius 1 is 1.21 bits per heavy atom. The van der Waals surface area contributed by atoms with E-state index in [0.717, 1.165) is 0 Å². The maximum atomic E-state index is 13.3. The summed E-state index contributed by atoms with van der Waals surface area (Å²) in [5.74, 6) is -1.19. The summed E-state index contributed by atoms with van der Waals surface area (Å²) in [5.41, 5.74) is -0.637. The van der Waals surface area contributed by atoms with E-state index in [0.29, 0.717) is 10.9 Å². The van der Waals surface area contributed by atoms with E-state index in [1.807, 2.05) is 13.8 Å². The number of esters is 1. The van der Waals surface area contributed by atoms with Crippen LogP contribution in [0.2, 0.25) is 0 Å². The highest BCUT2D eigenvalue weighted by Crippen LogP contribution is 2.14. The summed E-state index contributed by atoms with van der Waals surface area (Å²) < 4.78 is 23.1. The molecule has 0 saturated carbocycles. The van der Waals surface area contributed by atoms with E-state index in [-0.39, 0.29) is 12.0 Å². The molecule has 0 bridgehead atoms. The van der Waals surface area contributed by atoms with E-state index in [2.05, 4.69) is 15.0 Å². The number of aromatic amines is 1. The third-order valence-electron chi connectivity index (χ3n) is 3.49. The molecule has 1 aromatic carbocycles. The number of H-pyrrole nitrogens is 1. The van der Waals surface area contributed by atoms with Crippen molar-refractivity contribution in [1.29, 1.82) is 0 Å². The van der Waals surface area contributed by atoms with Crippen LogP contribution in [0.4, 0.5) is 9.18 Å². The van der Waals surface area contributed by atoms with Crippen molar-refractivity contribution in [2.45, 2.75) is 52.7 Å². The Morgan fingerprint density at radius 2 is 1.86 bits per heavy atom. The smallest absolute Gasteiger partial charge is 0.408 e. The number of pyridine rings is 1. The third-order valence-corrected chi connectivity index (χ3v) is 3.49. The fraction of sp³-hybridized carbons (Fsp3) is 0.450. The Bertz CT molecular complexity index is 886. The van der Waals surface area contributed by atoms with Gasteiger partial charge in [-0.3, -0.25) is 4.79 Å². The highest BCUT2D eigenvalue weighted by atomic mass is 19.1. The van der Waals surface area contributed by atoms with Gasteiger partial charge in [0.1, 0.15) is 17.5 Å². The number of benzene rings is 1. The first kappa shape index (κ1) is 23.1. The molecule has 8 heteroatoms. The molecular weight excluding hydrogens is 367 g/mol. The minimum absolute atomic E-state index is 0.103.